The zero-order chi connectivity index (χ0) is 13.9. The van der Waals surface area contributed by atoms with Gasteiger partial charge in [-0.2, -0.15) is 5.26 Å². The van der Waals surface area contributed by atoms with Crippen LogP contribution in [-0.4, -0.2) is 6.10 Å². The molecule has 0 spiro atoms. The highest BCUT2D eigenvalue weighted by molar-refractivity contribution is 5.36. The van der Waals surface area contributed by atoms with Crippen molar-refractivity contribution in [3.05, 3.63) is 35.4 Å². The van der Waals surface area contributed by atoms with Crippen molar-refractivity contribution in [2.75, 3.05) is 0 Å². The van der Waals surface area contributed by atoms with Crippen LogP contribution in [0.25, 0.3) is 0 Å². The number of ether oxygens (including phenoxy) is 1. The maximum absolute atomic E-state index is 9.07. The van der Waals surface area contributed by atoms with Crippen molar-refractivity contribution in [1.82, 2.24) is 0 Å². The van der Waals surface area contributed by atoms with Gasteiger partial charge in [-0.05, 0) is 42.2 Å². The summed E-state index contributed by atoms with van der Waals surface area (Å²) in [5.41, 5.74) is 2.10. The molecule has 0 aromatic heterocycles. The molecule has 2 nitrogen and oxygen atoms in total. The average Bonchev–Trinajstić information content (AvgIpc) is 2.34. The van der Waals surface area contributed by atoms with Crippen LogP contribution in [0.3, 0.4) is 0 Å². The van der Waals surface area contributed by atoms with Crippen molar-refractivity contribution in [3.8, 4) is 6.07 Å². The Labute approximate surface area is 116 Å². The van der Waals surface area contributed by atoms with E-state index in [-0.39, 0.29) is 0 Å². The van der Waals surface area contributed by atoms with Gasteiger partial charge in [0, 0.05) is 0 Å². The third-order valence-electron chi connectivity index (χ3n) is 3.96. The second-order valence-corrected chi connectivity index (χ2v) is 6.62. The van der Waals surface area contributed by atoms with Crippen LogP contribution in [0, 0.1) is 22.7 Å². The SMILES string of the molecule is CC1CC(OCc2ccccc2C#N)CC(C)(C)C1. The molecule has 19 heavy (non-hydrogen) atoms. The summed E-state index contributed by atoms with van der Waals surface area (Å²) < 4.78 is 6.07. The van der Waals surface area contributed by atoms with Gasteiger partial charge in [0.15, 0.2) is 0 Å². The summed E-state index contributed by atoms with van der Waals surface area (Å²) >= 11 is 0. The summed E-state index contributed by atoms with van der Waals surface area (Å²) in [6, 6.07) is 9.93. The Bertz CT molecular complexity index is 472. The van der Waals surface area contributed by atoms with Crippen molar-refractivity contribution in [1.29, 1.82) is 5.26 Å². The van der Waals surface area contributed by atoms with E-state index in [9.17, 15) is 0 Å². The lowest BCUT2D eigenvalue weighted by atomic mass is 9.71. The predicted molar refractivity (Wildman–Crippen MR) is 76.5 cm³/mol. The van der Waals surface area contributed by atoms with Gasteiger partial charge in [-0.15, -0.1) is 0 Å². The van der Waals surface area contributed by atoms with Gasteiger partial charge in [0.2, 0.25) is 0 Å². The zero-order valence-corrected chi connectivity index (χ0v) is 12.1. The highest BCUT2D eigenvalue weighted by atomic mass is 16.5. The smallest absolute Gasteiger partial charge is 0.0995 e. The van der Waals surface area contributed by atoms with Crippen LogP contribution in [0.15, 0.2) is 24.3 Å². The van der Waals surface area contributed by atoms with E-state index in [1.165, 1.54) is 6.42 Å². The first kappa shape index (κ1) is 14.1. The Morgan fingerprint density at radius 1 is 1.32 bits per heavy atom. The molecule has 0 saturated heterocycles. The molecule has 1 aromatic rings. The molecule has 2 atom stereocenters. The molecular formula is C17H23NO. The first-order valence-corrected chi connectivity index (χ1v) is 7.10. The number of rotatable bonds is 3. The lowest BCUT2D eigenvalue weighted by molar-refractivity contribution is -0.0316. The number of nitriles is 1. The molecule has 0 N–H and O–H groups in total. The summed E-state index contributed by atoms with van der Waals surface area (Å²) in [5.74, 6) is 0.722. The average molecular weight is 257 g/mol. The fraction of sp³-hybridized carbons (Fsp3) is 0.588. The standard InChI is InChI=1S/C17H23NO/c1-13-8-16(10-17(2,3)9-13)19-12-15-7-5-4-6-14(15)11-18/h4-7,13,16H,8-10,12H2,1-3H3. The number of nitrogens with zero attached hydrogens (tertiary/aromatic N) is 1. The van der Waals surface area contributed by atoms with Gasteiger partial charge in [0.25, 0.3) is 0 Å². The fourth-order valence-corrected chi connectivity index (χ4v) is 3.35. The normalized spacial score (nSPS) is 25.8. The molecule has 1 aliphatic rings. The topological polar surface area (TPSA) is 33.0 Å². The van der Waals surface area contributed by atoms with Crippen molar-refractivity contribution in [2.24, 2.45) is 11.3 Å². The van der Waals surface area contributed by atoms with Gasteiger partial charge in [-0.25, -0.2) is 0 Å². The van der Waals surface area contributed by atoms with Crippen molar-refractivity contribution >= 4 is 0 Å². The van der Waals surface area contributed by atoms with E-state index < -0.39 is 0 Å². The second-order valence-electron chi connectivity index (χ2n) is 6.62. The largest absolute Gasteiger partial charge is 0.373 e. The summed E-state index contributed by atoms with van der Waals surface area (Å²) in [6.45, 7) is 7.50. The molecule has 0 heterocycles. The molecule has 2 unspecified atom stereocenters. The van der Waals surface area contributed by atoms with Gasteiger partial charge in [0.05, 0.1) is 24.3 Å². The van der Waals surface area contributed by atoms with E-state index in [1.807, 2.05) is 24.3 Å². The summed E-state index contributed by atoms with van der Waals surface area (Å²) in [6.07, 6.45) is 3.86. The van der Waals surface area contributed by atoms with E-state index in [0.717, 1.165) is 29.9 Å². The Hall–Kier alpha value is -1.33. The van der Waals surface area contributed by atoms with E-state index in [1.54, 1.807) is 0 Å². The third kappa shape index (κ3) is 3.81. The first-order chi connectivity index (χ1) is 9.00. The van der Waals surface area contributed by atoms with Crippen molar-refractivity contribution in [3.63, 3.8) is 0 Å². The van der Waals surface area contributed by atoms with Gasteiger partial charge in [0.1, 0.15) is 0 Å². The molecular weight excluding hydrogens is 234 g/mol. The van der Waals surface area contributed by atoms with Crippen LogP contribution >= 0.6 is 0 Å². The monoisotopic (exact) mass is 257 g/mol. The Morgan fingerprint density at radius 2 is 2.05 bits per heavy atom. The number of hydrogen-bond acceptors (Lipinski definition) is 2. The van der Waals surface area contributed by atoms with E-state index >= 15 is 0 Å². The maximum atomic E-state index is 9.07. The van der Waals surface area contributed by atoms with Crippen LogP contribution in [0.5, 0.6) is 0 Å². The minimum Gasteiger partial charge on any atom is -0.373 e. The quantitative estimate of drug-likeness (QED) is 0.809. The minimum absolute atomic E-state index is 0.325. The maximum Gasteiger partial charge on any atom is 0.0995 e. The summed E-state index contributed by atoms with van der Waals surface area (Å²) in [7, 11) is 0. The summed E-state index contributed by atoms with van der Waals surface area (Å²) in [5, 5.41) is 9.07. The lowest BCUT2D eigenvalue weighted by Gasteiger charge is -2.38. The second kappa shape index (κ2) is 5.75. The molecule has 1 fully saturated rings. The molecule has 2 heteroatoms. The number of benzene rings is 1. The van der Waals surface area contributed by atoms with Crippen molar-refractivity contribution in [2.45, 2.75) is 52.7 Å². The van der Waals surface area contributed by atoms with Gasteiger partial charge in [-0.3, -0.25) is 0 Å². The molecule has 1 aromatic carbocycles. The lowest BCUT2D eigenvalue weighted by Crippen LogP contribution is -2.32. The molecule has 1 aliphatic carbocycles. The van der Waals surface area contributed by atoms with Gasteiger partial charge in [-0.1, -0.05) is 39.0 Å². The van der Waals surface area contributed by atoms with E-state index in [4.69, 9.17) is 10.00 Å². The number of hydrogen-bond donors (Lipinski definition) is 0. The predicted octanol–water partition coefficient (Wildman–Crippen LogP) is 4.29. The van der Waals surface area contributed by atoms with Crippen LogP contribution in [0.1, 0.15) is 51.2 Å². The highest BCUT2D eigenvalue weighted by Crippen LogP contribution is 2.39. The highest BCUT2D eigenvalue weighted by Gasteiger charge is 2.32. The van der Waals surface area contributed by atoms with E-state index in [0.29, 0.717) is 18.1 Å². The first-order valence-electron chi connectivity index (χ1n) is 7.10. The molecule has 0 aliphatic heterocycles. The molecule has 2 rings (SSSR count). The van der Waals surface area contributed by atoms with E-state index in [2.05, 4.69) is 26.8 Å². The molecule has 0 amide bonds. The Balaban J connectivity index is 1.97. The Morgan fingerprint density at radius 3 is 2.74 bits per heavy atom. The fourth-order valence-electron chi connectivity index (χ4n) is 3.35. The Kier molecular flexibility index (Phi) is 4.27. The van der Waals surface area contributed by atoms with Crippen LogP contribution in [-0.2, 0) is 11.3 Å². The van der Waals surface area contributed by atoms with Crippen LogP contribution < -0.4 is 0 Å². The van der Waals surface area contributed by atoms with Crippen molar-refractivity contribution < 1.29 is 4.74 Å². The van der Waals surface area contributed by atoms with Gasteiger partial charge >= 0.3 is 0 Å². The molecule has 0 bridgehead atoms. The summed E-state index contributed by atoms with van der Waals surface area (Å²) in [4.78, 5) is 0. The third-order valence-corrected chi connectivity index (χ3v) is 3.96. The van der Waals surface area contributed by atoms with Crippen LogP contribution in [0.4, 0.5) is 0 Å². The molecule has 102 valence electrons. The van der Waals surface area contributed by atoms with Gasteiger partial charge < -0.3 is 4.74 Å². The van der Waals surface area contributed by atoms with Crippen LogP contribution in [0.2, 0.25) is 0 Å². The zero-order valence-electron chi connectivity index (χ0n) is 12.1. The molecule has 1 saturated carbocycles. The molecule has 0 radical (unpaired) electrons. The minimum atomic E-state index is 0.325.